The predicted octanol–water partition coefficient (Wildman–Crippen LogP) is 3.14. The summed E-state index contributed by atoms with van der Waals surface area (Å²) in [6.07, 6.45) is -0.521. The number of benzene rings is 2. The van der Waals surface area contributed by atoms with Crippen LogP contribution in [-0.4, -0.2) is 22.7 Å². The number of ether oxygens (including phenoxy) is 2. The van der Waals surface area contributed by atoms with Crippen LogP contribution in [0.15, 0.2) is 52.9 Å². The average Bonchev–Trinajstić information content (AvgIpc) is 3.10. The Bertz CT molecular complexity index is 922. The minimum absolute atomic E-state index is 0.0176. The number of carbonyl (C=O) groups excluding carboxylic acids is 1. The van der Waals surface area contributed by atoms with E-state index in [1.165, 1.54) is 0 Å². The Morgan fingerprint density at radius 3 is 2.80 bits per heavy atom. The summed E-state index contributed by atoms with van der Waals surface area (Å²) in [6, 6.07) is 14.6. The monoisotopic (exact) mass is 337 g/mol. The van der Waals surface area contributed by atoms with Gasteiger partial charge in [0.25, 0.3) is 11.8 Å². The molecule has 0 bridgehead atoms. The van der Waals surface area contributed by atoms with E-state index in [1.807, 2.05) is 37.3 Å². The number of amides is 1. The molecule has 126 valence electrons. The number of aryl methyl sites for hydroxylation is 1. The van der Waals surface area contributed by atoms with Crippen molar-refractivity contribution < 1.29 is 18.7 Å². The SMILES string of the molecule is Cc1cccc(C(=O)Nc2nnc([C@@H]3COc4ccccc4O3)o2)c1. The number of rotatable bonds is 3. The molecule has 25 heavy (non-hydrogen) atoms. The van der Waals surface area contributed by atoms with Crippen molar-refractivity contribution in [3.05, 3.63) is 65.5 Å². The molecule has 2 aromatic carbocycles. The smallest absolute Gasteiger partial charge is 0.322 e. The fraction of sp³-hybridized carbons (Fsp3) is 0.167. The maximum atomic E-state index is 12.2. The maximum Gasteiger partial charge on any atom is 0.322 e. The van der Waals surface area contributed by atoms with E-state index in [2.05, 4.69) is 15.5 Å². The van der Waals surface area contributed by atoms with E-state index in [0.29, 0.717) is 17.1 Å². The van der Waals surface area contributed by atoms with Crippen LogP contribution in [0, 0.1) is 6.92 Å². The zero-order valence-corrected chi connectivity index (χ0v) is 13.4. The van der Waals surface area contributed by atoms with Gasteiger partial charge in [-0.05, 0) is 31.2 Å². The van der Waals surface area contributed by atoms with E-state index in [4.69, 9.17) is 13.9 Å². The van der Waals surface area contributed by atoms with Gasteiger partial charge in [-0.15, -0.1) is 5.10 Å². The van der Waals surface area contributed by atoms with E-state index >= 15 is 0 Å². The second-order valence-corrected chi connectivity index (χ2v) is 5.63. The maximum absolute atomic E-state index is 12.2. The molecule has 0 saturated carbocycles. The molecule has 1 aliphatic heterocycles. The Hall–Kier alpha value is -3.35. The van der Waals surface area contributed by atoms with E-state index in [-0.39, 0.29) is 24.4 Å². The molecule has 7 nitrogen and oxygen atoms in total. The molecule has 1 amide bonds. The molecule has 2 heterocycles. The molecule has 4 rings (SSSR count). The average molecular weight is 337 g/mol. The second kappa shape index (κ2) is 6.27. The number of carbonyl (C=O) groups is 1. The van der Waals surface area contributed by atoms with Crippen molar-refractivity contribution in [1.29, 1.82) is 0 Å². The van der Waals surface area contributed by atoms with Gasteiger partial charge >= 0.3 is 6.01 Å². The molecule has 1 N–H and O–H groups in total. The molecule has 0 fully saturated rings. The summed E-state index contributed by atoms with van der Waals surface area (Å²) in [4.78, 5) is 12.2. The van der Waals surface area contributed by atoms with Crippen LogP contribution in [0.5, 0.6) is 11.5 Å². The highest BCUT2D eigenvalue weighted by atomic mass is 16.6. The number of para-hydroxylation sites is 2. The van der Waals surface area contributed by atoms with Gasteiger partial charge in [-0.2, -0.15) is 0 Å². The van der Waals surface area contributed by atoms with Crippen LogP contribution in [0.4, 0.5) is 6.01 Å². The second-order valence-electron chi connectivity index (χ2n) is 5.63. The van der Waals surface area contributed by atoms with Crippen molar-refractivity contribution in [2.45, 2.75) is 13.0 Å². The number of hydrogen-bond donors (Lipinski definition) is 1. The number of nitrogens with zero attached hydrogens (tertiary/aromatic N) is 2. The zero-order chi connectivity index (χ0) is 17.2. The Labute approximate surface area is 143 Å². The summed E-state index contributed by atoms with van der Waals surface area (Å²) in [7, 11) is 0. The van der Waals surface area contributed by atoms with E-state index in [1.54, 1.807) is 18.2 Å². The molecule has 7 heteroatoms. The number of fused-ring (bicyclic) bond motifs is 1. The lowest BCUT2D eigenvalue weighted by Gasteiger charge is -2.23. The Morgan fingerprint density at radius 1 is 1.12 bits per heavy atom. The van der Waals surface area contributed by atoms with Gasteiger partial charge in [0.05, 0.1) is 0 Å². The van der Waals surface area contributed by atoms with Crippen molar-refractivity contribution in [3.63, 3.8) is 0 Å². The molecule has 0 unspecified atom stereocenters. The number of aromatic nitrogens is 2. The van der Waals surface area contributed by atoms with E-state index in [0.717, 1.165) is 5.56 Å². The third-order valence-corrected chi connectivity index (χ3v) is 3.73. The highest BCUT2D eigenvalue weighted by Gasteiger charge is 2.27. The quantitative estimate of drug-likeness (QED) is 0.790. The first kappa shape index (κ1) is 15.2. The van der Waals surface area contributed by atoms with E-state index in [9.17, 15) is 4.79 Å². The largest absolute Gasteiger partial charge is 0.485 e. The van der Waals surface area contributed by atoms with Crippen LogP contribution in [-0.2, 0) is 0 Å². The normalized spacial score (nSPS) is 15.6. The number of nitrogens with one attached hydrogen (secondary N) is 1. The van der Waals surface area contributed by atoms with Gasteiger partial charge < -0.3 is 13.9 Å². The highest BCUT2D eigenvalue weighted by Crippen LogP contribution is 2.35. The third-order valence-electron chi connectivity index (χ3n) is 3.73. The molecular formula is C18H15N3O4. The minimum Gasteiger partial charge on any atom is -0.485 e. The summed E-state index contributed by atoms with van der Waals surface area (Å²) >= 11 is 0. The van der Waals surface area contributed by atoms with Gasteiger partial charge in [0.1, 0.15) is 6.61 Å². The molecule has 0 aliphatic carbocycles. The summed E-state index contributed by atoms with van der Waals surface area (Å²) < 4.78 is 16.9. The first-order valence-electron chi connectivity index (χ1n) is 7.79. The van der Waals surface area contributed by atoms with Crippen molar-refractivity contribution in [1.82, 2.24) is 10.2 Å². The predicted molar refractivity (Wildman–Crippen MR) is 88.7 cm³/mol. The number of anilines is 1. The standard InChI is InChI=1S/C18H15N3O4/c1-11-5-4-6-12(9-11)16(22)19-18-21-20-17(25-18)15-10-23-13-7-2-3-8-14(13)24-15/h2-9,15H,10H2,1H3,(H,19,21,22)/t15-/m0/s1. The first-order chi connectivity index (χ1) is 12.2. The topological polar surface area (TPSA) is 86.5 Å². The van der Waals surface area contributed by atoms with Gasteiger partial charge in [0.2, 0.25) is 6.10 Å². The van der Waals surface area contributed by atoms with Crippen molar-refractivity contribution in [3.8, 4) is 11.5 Å². The lowest BCUT2D eigenvalue weighted by molar-refractivity contribution is 0.0716. The molecule has 0 radical (unpaired) electrons. The summed E-state index contributed by atoms with van der Waals surface area (Å²) in [5.74, 6) is 1.22. The summed E-state index contributed by atoms with van der Waals surface area (Å²) in [5.41, 5.74) is 1.51. The molecule has 0 spiro atoms. The van der Waals surface area contributed by atoms with E-state index < -0.39 is 6.10 Å². The molecule has 1 aromatic heterocycles. The number of hydrogen-bond acceptors (Lipinski definition) is 6. The molecule has 1 aliphatic rings. The third kappa shape index (κ3) is 3.16. The minimum atomic E-state index is -0.521. The van der Waals surface area contributed by atoms with Crippen LogP contribution in [0.1, 0.15) is 27.9 Å². The van der Waals surface area contributed by atoms with Crippen LogP contribution in [0.25, 0.3) is 0 Å². The molecular weight excluding hydrogens is 322 g/mol. The highest BCUT2D eigenvalue weighted by molar-refractivity contribution is 6.03. The fourth-order valence-electron chi connectivity index (χ4n) is 2.51. The van der Waals surface area contributed by atoms with Gasteiger partial charge in [-0.3, -0.25) is 10.1 Å². The molecule has 1 atom stereocenters. The Morgan fingerprint density at radius 2 is 1.96 bits per heavy atom. The van der Waals surface area contributed by atoms with Crippen LogP contribution < -0.4 is 14.8 Å². The molecule has 0 saturated heterocycles. The van der Waals surface area contributed by atoms with Crippen molar-refractivity contribution in [2.24, 2.45) is 0 Å². The van der Waals surface area contributed by atoms with Crippen LogP contribution >= 0.6 is 0 Å². The fourth-order valence-corrected chi connectivity index (χ4v) is 2.51. The summed E-state index contributed by atoms with van der Waals surface area (Å²) in [6.45, 7) is 2.17. The van der Waals surface area contributed by atoms with Gasteiger partial charge in [-0.1, -0.05) is 34.9 Å². The first-order valence-corrected chi connectivity index (χ1v) is 7.79. The van der Waals surface area contributed by atoms with Gasteiger partial charge in [-0.25, -0.2) is 0 Å². The van der Waals surface area contributed by atoms with Crippen molar-refractivity contribution >= 4 is 11.9 Å². The summed E-state index contributed by atoms with van der Waals surface area (Å²) in [5, 5.41) is 10.4. The van der Waals surface area contributed by atoms with Gasteiger partial charge in [0.15, 0.2) is 11.5 Å². The van der Waals surface area contributed by atoms with Crippen LogP contribution in [0.3, 0.4) is 0 Å². The lowest BCUT2D eigenvalue weighted by Crippen LogP contribution is -2.21. The lowest BCUT2D eigenvalue weighted by atomic mass is 10.1. The Kier molecular flexibility index (Phi) is 3.81. The Balaban J connectivity index is 1.47. The van der Waals surface area contributed by atoms with Crippen LogP contribution in [0.2, 0.25) is 0 Å². The zero-order valence-electron chi connectivity index (χ0n) is 13.4. The molecule has 3 aromatic rings. The van der Waals surface area contributed by atoms with Crippen molar-refractivity contribution in [2.75, 3.05) is 11.9 Å². The van der Waals surface area contributed by atoms with Gasteiger partial charge in [0, 0.05) is 5.56 Å².